The largest absolute Gasteiger partial charge is 0.472 e. The van der Waals surface area contributed by atoms with Crippen LogP contribution in [0.5, 0.6) is 0 Å². The molecule has 0 aliphatic heterocycles. The van der Waals surface area contributed by atoms with Gasteiger partial charge in [-0.3, -0.25) is 13.8 Å². The van der Waals surface area contributed by atoms with Crippen LogP contribution >= 0.6 is 7.82 Å². The van der Waals surface area contributed by atoms with Gasteiger partial charge in [0.05, 0.1) is 19.8 Å². The van der Waals surface area contributed by atoms with Crippen molar-refractivity contribution in [1.82, 2.24) is 0 Å². The number of unbranched alkanes of at least 4 members (excludes halogenated alkanes) is 19. The lowest BCUT2D eigenvalue weighted by molar-refractivity contribution is -0.154. The molecule has 0 saturated heterocycles. The summed E-state index contributed by atoms with van der Waals surface area (Å²) in [7, 11) is -4.29. The normalized spacial score (nSPS) is 14.0. The first-order valence-corrected chi connectivity index (χ1v) is 23.8. The van der Waals surface area contributed by atoms with Gasteiger partial charge < -0.3 is 20.1 Å². The Kier molecular flexibility index (Phi) is 41.9. The van der Waals surface area contributed by atoms with Crippen molar-refractivity contribution >= 4 is 13.8 Å². The Bertz CT molecular complexity index is 1030. The van der Waals surface area contributed by atoms with E-state index in [1.54, 1.807) is 0 Å². The number of rotatable bonds is 42. The summed E-state index contributed by atoms with van der Waals surface area (Å²) in [5.41, 5.74) is 5.37. The first kappa shape index (κ1) is 53.2. The van der Waals surface area contributed by atoms with Crippen molar-refractivity contribution in [2.24, 2.45) is 5.73 Å². The zero-order valence-corrected chi connectivity index (χ0v) is 36.3. The minimum absolute atomic E-state index is 0.0943. The van der Waals surface area contributed by atoms with Crippen molar-refractivity contribution in [1.29, 1.82) is 0 Å². The smallest absolute Gasteiger partial charge is 0.457 e. The quantitative estimate of drug-likeness (QED) is 0.0271. The Morgan fingerprint density at radius 2 is 1.02 bits per heavy atom. The van der Waals surface area contributed by atoms with Gasteiger partial charge in [0.1, 0.15) is 6.10 Å². The number of esters is 1. The van der Waals surface area contributed by atoms with E-state index in [2.05, 4.69) is 74.6 Å². The summed E-state index contributed by atoms with van der Waals surface area (Å²) >= 11 is 0. The van der Waals surface area contributed by atoms with Gasteiger partial charge in [-0.1, -0.05) is 184 Å². The fourth-order valence-corrected chi connectivity index (χ4v) is 6.73. The molecule has 2 unspecified atom stereocenters. The number of carbonyl (C=O) groups excluding carboxylic acids is 1. The van der Waals surface area contributed by atoms with Crippen LogP contribution in [0.3, 0.4) is 0 Å². The van der Waals surface area contributed by atoms with E-state index in [9.17, 15) is 14.3 Å². The van der Waals surface area contributed by atoms with Crippen LogP contribution in [0.2, 0.25) is 0 Å². The molecule has 55 heavy (non-hydrogen) atoms. The highest BCUT2D eigenvalue weighted by atomic mass is 31.2. The van der Waals surface area contributed by atoms with Crippen LogP contribution in [0.1, 0.15) is 187 Å². The highest BCUT2D eigenvalue weighted by Crippen LogP contribution is 2.43. The van der Waals surface area contributed by atoms with Gasteiger partial charge in [0.15, 0.2) is 0 Å². The third kappa shape index (κ3) is 43.2. The molecule has 9 heteroatoms. The summed E-state index contributed by atoms with van der Waals surface area (Å²) in [4.78, 5) is 22.5. The Morgan fingerprint density at radius 3 is 1.53 bits per heavy atom. The molecule has 0 bridgehead atoms. The van der Waals surface area contributed by atoms with Crippen molar-refractivity contribution in [3.05, 3.63) is 60.8 Å². The fraction of sp³-hybridized carbons (Fsp3) is 0.761. The monoisotopic (exact) mass is 794 g/mol. The fourth-order valence-electron chi connectivity index (χ4n) is 5.96. The number of hydrogen-bond donors (Lipinski definition) is 2. The average molecular weight is 794 g/mol. The van der Waals surface area contributed by atoms with E-state index >= 15 is 0 Å². The molecule has 0 heterocycles. The molecule has 0 amide bonds. The highest BCUT2D eigenvalue weighted by Gasteiger charge is 2.25. The lowest BCUT2D eigenvalue weighted by atomic mass is 10.0. The lowest BCUT2D eigenvalue weighted by Gasteiger charge is -2.20. The maximum absolute atomic E-state index is 12.6. The number of allylic oxidation sites excluding steroid dienone is 10. The Hall–Kier alpha value is -1.80. The van der Waals surface area contributed by atoms with Gasteiger partial charge in [0, 0.05) is 19.6 Å². The SMILES string of the molecule is CC/C=C\C/C=C\C/C=C\C/C=C\C/C=C\CCCCCCOCC(COP(=O)(O)OCCN)OC(=O)CCCCCCCCCCCCCCCCCC. The van der Waals surface area contributed by atoms with E-state index in [1.165, 1.54) is 83.5 Å². The second kappa shape index (κ2) is 43.3. The summed E-state index contributed by atoms with van der Waals surface area (Å²) in [5.74, 6) is -0.340. The van der Waals surface area contributed by atoms with E-state index in [0.29, 0.717) is 13.0 Å². The standard InChI is InChI=1S/C46H84NO7P/c1-3-5-7-9-11-13-15-17-19-21-22-23-24-26-28-30-32-34-36-38-41-51-43-45(44-53-55(49,50)52-42-40-47)54-46(48)39-37-35-33-31-29-27-25-20-18-16-14-12-10-8-6-4-2/h5,7,11,13,17,19,22-23,26,28,45H,3-4,6,8-10,12,14-16,18,20-21,24-25,27,29-44,47H2,1-2H3,(H,49,50)/b7-5-,13-11-,19-17-,23-22-,28-26-. The van der Waals surface area contributed by atoms with E-state index in [4.69, 9.17) is 24.3 Å². The maximum atomic E-state index is 12.6. The van der Waals surface area contributed by atoms with Gasteiger partial charge >= 0.3 is 13.8 Å². The number of nitrogens with two attached hydrogens (primary N) is 1. The molecule has 8 nitrogen and oxygen atoms in total. The van der Waals surface area contributed by atoms with Crippen molar-refractivity contribution in [3.8, 4) is 0 Å². The van der Waals surface area contributed by atoms with Crippen molar-refractivity contribution in [2.45, 2.75) is 193 Å². The van der Waals surface area contributed by atoms with E-state index < -0.39 is 13.9 Å². The first-order valence-electron chi connectivity index (χ1n) is 22.3. The molecule has 2 atom stereocenters. The third-order valence-corrected chi connectivity index (χ3v) is 10.2. The Labute approximate surface area is 338 Å². The van der Waals surface area contributed by atoms with Crippen molar-refractivity contribution in [3.63, 3.8) is 0 Å². The van der Waals surface area contributed by atoms with Crippen LogP contribution in [0, 0.1) is 0 Å². The van der Waals surface area contributed by atoms with E-state index in [1.807, 2.05) is 0 Å². The second-order valence-electron chi connectivity index (χ2n) is 14.5. The summed E-state index contributed by atoms with van der Waals surface area (Å²) in [6, 6.07) is 0. The van der Waals surface area contributed by atoms with Crippen molar-refractivity contribution < 1.29 is 32.8 Å². The highest BCUT2D eigenvalue weighted by molar-refractivity contribution is 7.47. The molecule has 0 aromatic carbocycles. The Balaban J connectivity index is 4.07. The molecular formula is C46H84NO7P. The minimum atomic E-state index is -4.29. The van der Waals surface area contributed by atoms with Gasteiger partial charge in [-0.15, -0.1) is 0 Å². The van der Waals surface area contributed by atoms with Gasteiger partial charge in [0.2, 0.25) is 0 Å². The van der Waals surface area contributed by atoms with Crippen LogP contribution in [-0.4, -0.2) is 49.9 Å². The minimum Gasteiger partial charge on any atom is -0.457 e. The number of phosphoric ester groups is 1. The van der Waals surface area contributed by atoms with Gasteiger partial charge in [0.25, 0.3) is 0 Å². The molecule has 3 N–H and O–H groups in total. The van der Waals surface area contributed by atoms with Gasteiger partial charge in [-0.25, -0.2) is 4.57 Å². The summed E-state index contributed by atoms with van der Waals surface area (Å²) in [6.45, 7) is 4.75. The predicted molar refractivity (Wildman–Crippen MR) is 233 cm³/mol. The second-order valence-corrected chi connectivity index (χ2v) is 16.0. The molecule has 0 aliphatic rings. The first-order chi connectivity index (χ1) is 26.9. The summed E-state index contributed by atoms with van der Waals surface area (Å²) in [6.07, 6.45) is 52.4. The average Bonchev–Trinajstić information content (AvgIpc) is 3.17. The molecule has 0 rings (SSSR count). The third-order valence-electron chi connectivity index (χ3n) is 9.20. The molecule has 0 fully saturated rings. The molecule has 0 aliphatic carbocycles. The lowest BCUT2D eigenvalue weighted by Crippen LogP contribution is -2.28. The molecule has 0 spiro atoms. The molecule has 0 radical (unpaired) electrons. The molecule has 0 saturated carbocycles. The van der Waals surface area contributed by atoms with E-state index in [-0.39, 0.29) is 32.3 Å². The van der Waals surface area contributed by atoms with Crippen LogP contribution in [0.4, 0.5) is 0 Å². The molecule has 0 aromatic rings. The summed E-state index contributed by atoms with van der Waals surface area (Å²) in [5, 5.41) is 0. The molecule has 0 aromatic heterocycles. The van der Waals surface area contributed by atoms with E-state index in [0.717, 1.165) is 83.5 Å². The van der Waals surface area contributed by atoms with Crippen LogP contribution in [-0.2, 0) is 27.9 Å². The van der Waals surface area contributed by atoms with Crippen LogP contribution in [0.15, 0.2) is 60.8 Å². The van der Waals surface area contributed by atoms with Crippen LogP contribution in [0.25, 0.3) is 0 Å². The topological polar surface area (TPSA) is 117 Å². The van der Waals surface area contributed by atoms with Gasteiger partial charge in [-0.05, 0) is 57.8 Å². The number of phosphoric acid groups is 1. The van der Waals surface area contributed by atoms with Gasteiger partial charge in [-0.2, -0.15) is 0 Å². The number of hydrogen-bond acceptors (Lipinski definition) is 7. The summed E-state index contributed by atoms with van der Waals surface area (Å²) < 4.78 is 33.4. The number of carbonyl (C=O) groups is 1. The van der Waals surface area contributed by atoms with Crippen molar-refractivity contribution in [2.75, 3.05) is 33.0 Å². The predicted octanol–water partition coefficient (Wildman–Crippen LogP) is 13.4. The Morgan fingerprint density at radius 1 is 0.564 bits per heavy atom. The zero-order chi connectivity index (χ0) is 40.2. The molecular weight excluding hydrogens is 709 g/mol. The zero-order valence-electron chi connectivity index (χ0n) is 35.4. The maximum Gasteiger partial charge on any atom is 0.472 e. The molecule has 320 valence electrons. The number of ether oxygens (including phenoxy) is 2. The van der Waals surface area contributed by atoms with Crippen LogP contribution < -0.4 is 5.73 Å².